The van der Waals surface area contributed by atoms with Gasteiger partial charge in [0, 0.05) is 6.92 Å². The van der Waals surface area contributed by atoms with E-state index in [1.165, 1.54) is 14.0 Å². The first-order valence-corrected chi connectivity index (χ1v) is 5.51. The minimum atomic E-state index is -0.587. The van der Waals surface area contributed by atoms with E-state index in [0.29, 0.717) is 6.42 Å². The van der Waals surface area contributed by atoms with Crippen LogP contribution in [0.3, 0.4) is 0 Å². The maximum Gasteiger partial charge on any atom is 0.326 e. The van der Waals surface area contributed by atoms with Crippen LogP contribution in [-0.4, -0.2) is 37.1 Å². The second-order valence-corrected chi connectivity index (χ2v) is 3.55. The van der Waals surface area contributed by atoms with E-state index in [4.69, 9.17) is 0 Å². The van der Waals surface area contributed by atoms with Gasteiger partial charge < -0.3 is 9.57 Å². The maximum absolute atomic E-state index is 11.1. The molecule has 0 heterocycles. The molecule has 0 aromatic carbocycles. The summed E-state index contributed by atoms with van der Waals surface area (Å²) in [7, 11) is 1.30. The van der Waals surface area contributed by atoms with Crippen LogP contribution in [-0.2, 0) is 19.2 Å². The normalized spacial score (nSPS) is 11.9. The van der Waals surface area contributed by atoms with Crippen molar-refractivity contribution in [3.63, 3.8) is 0 Å². The van der Waals surface area contributed by atoms with Gasteiger partial charge in [0.05, 0.1) is 7.11 Å². The molecule has 82 valence electrons. The Morgan fingerprint density at radius 3 is 2.57 bits per heavy atom. The monoisotopic (exact) mass is 221 g/mol. The number of ether oxygens (including phenoxy) is 1. The van der Waals surface area contributed by atoms with Crippen molar-refractivity contribution in [2.24, 2.45) is 0 Å². The Balaban J connectivity index is 3.96. The predicted molar refractivity (Wildman–Crippen MR) is 53.7 cm³/mol. The zero-order chi connectivity index (χ0) is 11.0. The van der Waals surface area contributed by atoms with Gasteiger partial charge in [0.1, 0.15) is 6.04 Å². The molecule has 0 aliphatic carbocycles. The van der Waals surface area contributed by atoms with Crippen LogP contribution in [0.4, 0.5) is 0 Å². The van der Waals surface area contributed by atoms with E-state index in [2.05, 4.69) is 15.1 Å². The van der Waals surface area contributed by atoms with Crippen molar-refractivity contribution in [3.8, 4) is 0 Å². The average molecular weight is 221 g/mol. The van der Waals surface area contributed by atoms with Crippen molar-refractivity contribution in [2.75, 3.05) is 19.1 Å². The Bertz CT molecular complexity index is 198. The number of hydrogen-bond donors (Lipinski definition) is 1. The summed E-state index contributed by atoms with van der Waals surface area (Å²) in [6.45, 7) is 1.26. The van der Waals surface area contributed by atoms with Crippen LogP contribution in [0.15, 0.2) is 0 Å². The van der Waals surface area contributed by atoms with Crippen LogP contribution in [0, 0.1) is 0 Å². The van der Waals surface area contributed by atoms with Gasteiger partial charge in [-0.25, -0.2) is 0 Å². The fourth-order valence-corrected chi connectivity index (χ4v) is 1.23. The number of hydroxylamine groups is 1. The molecule has 5 nitrogen and oxygen atoms in total. The lowest BCUT2D eigenvalue weighted by Crippen LogP contribution is -2.39. The Morgan fingerprint density at radius 2 is 2.14 bits per heavy atom. The first-order valence-electron chi connectivity index (χ1n) is 4.11. The summed E-state index contributed by atoms with van der Waals surface area (Å²) in [6.07, 6.45) is 2.49. The summed E-state index contributed by atoms with van der Waals surface area (Å²) in [6, 6.07) is -0.587. The minimum Gasteiger partial charge on any atom is -0.468 e. The molecule has 0 saturated carbocycles. The predicted octanol–water partition coefficient (Wildman–Crippen LogP) is 0.349. The van der Waals surface area contributed by atoms with Crippen molar-refractivity contribution in [2.45, 2.75) is 19.4 Å². The van der Waals surface area contributed by atoms with E-state index < -0.39 is 18.0 Å². The third-order valence-corrected chi connectivity index (χ3v) is 2.09. The van der Waals surface area contributed by atoms with E-state index >= 15 is 0 Å². The standard InChI is InChI=1S/C8H15NO4S/c1-6(10)13-9-7(4-5-14-3)8(11)12-2/h7,9H,4-5H2,1-3H3/t7-/m0/s1. The lowest BCUT2D eigenvalue weighted by Gasteiger charge is -2.14. The molecule has 0 spiro atoms. The molecule has 6 heteroatoms. The summed E-state index contributed by atoms with van der Waals surface area (Å²) in [5.41, 5.74) is 2.37. The lowest BCUT2D eigenvalue weighted by molar-refractivity contribution is -0.157. The highest BCUT2D eigenvalue weighted by Crippen LogP contribution is 2.02. The number of carbonyl (C=O) groups excluding carboxylic acids is 2. The molecule has 14 heavy (non-hydrogen) atoms. The fraction of sp³-hybridized carbons (Fsp3) is 0.750. The van der Waals surface area contributed by atoms with Gasteiger partial charge in [-0.2, -0.15) is 11.8 Å². The molecule has 0 amide bonds. The summed E-state index contributed by atoms with van der Waals surface area (Å²) in [4.78, 5) is 26.2. The molecule has 0 saturated heterocycles. The molecular weight excluding hydrogens is 206 g/mol. The van der Waals surface area contributed by atoms with E-state index in [1.54, 1.807) is 11.8 Å². The zero-order valence-corrected chi connectivity index (χ0v) is 9.35. The van der Waals surface area contributed by atoms with Gasteiger partial charge in [-0.15, -0.1) is 5.48 Å². The van der Waals surface area contributed by atoms with E-state index in [1.807, 2.05) is 6.26 Å². The van der Waals surface area contributed by atoms with E-state index in [-0.39, 0.29) is 0 Å². The molecule has 1 atom stereocenters. The molecule has 1 N–H and O–H groups in total. The summed E-state index contributed by atoms with van der Waals surface area (Å²) >= 11 is 1.60. The molecule has 0 rings (SSSR count). The second-order valence-electron chi connectivity index (χ2n) is 2.57. The molecule has 0 fully saturated rings. The van der Waals surface area contributed by atoms with Crippen LogP contribution in [0.1, 0.15) is 13.3 Å². The molecule has 0 aromatic rings. The summed E-state index contributed by atoms with van der Waals surface area (Å²) in [5.74, 6) is -0.128. The van der Waals surface area contributed by atoms with Gasteiger partial charge in [-0.3, -0.25) is 9.59 Å². The zero-order valence-electron chi connectivity index (χ0n) is 8.53. The molecule has 0 bridgehead atoms. The number of nitrogens with one attached hydrogen (secondary N) is 1. The molecular formula is C8H15NO4S. The van der Waals surface area contributed by atoms with Crippen molar-refractivity contribution in [1.29, 1.82) is 0 Å². The molecule has 0 radical (unpaired) electrons. The smallest absolute Gasteiger partial charge is 0.326 e. The number of hydrogen-bond acceptors (Lipinski definition) is 6. The summed E-state index contributed by atoms with van der Waals surface area (Å²) < 4.78 is 4.54. The van der Waals surface area contributed by atoms with Crippen molar-refractivity contribution in [1.82, 2.24) is 5.48 Å². The quantitative estimate of drug-likeness (QED) is 0.515. The molecule has 0 aromatic heterocycles. The molecule has 0 aliphatic rings. The highest BCUT2D eigenvalue weighted by molar-refractivity contribution is 7.98. The van der Waals surface area contributed by atoms with Crippen LogP contribution in [0.2, 0.25) is 0 Å². The van der Waals surface area contributed by atoms with Gasteiger partial charge in [0.15, 0.2) is 0 Å². The van der Waals surface area contributed by atoms with Crippen molar-refractivity contribution < 1.29 is 19.2 Å². The molecule has 0 aliphatic heterocycles. The SMILES string of the molecule is COC(=O)[C@H](CCSC)NOC(C)=O. The maximum atomic E-state index is 11.1. The van der Waals surface area contributed by atoms with Gasteiger partial charge in [0.2, 0.25) is 0 Å². The first-order chi connectivity index (χ1) is 6.61. The minimum absolute atomic E-state index is 0.430. The lowest BCUT2D eigenvalue weighted by atomic mass is 10.2. The highest BCUT2D eigenvalue weighted by atomic mass is 32.2. The number of esters is 1. The van der Waals surface area contributed by atoms with E-state index in [0.717, 1.165) is 5.75 Å². The number of carbonyl (C=O) groups is 2. The van der Waals surface area contributed by atoms with Crippen LogP contribution >= 0.6 is 11.8 Å². The van der Waals surface area contributed by atoms with Crippen molar-refractivity contribution >= 4 is 23.7 Å². The van der Waals surface area contributed by atoms with Gasteiger partial charge in [-0.1, -0.05) is 0 Å². The van der Waals surface area contributed by atoms with Crippen LogP contribution in [0.5, 0.6) is 0 Å². The Hall–Kier alpha value is -0.750. The van der Waals surface area contributed by atoms with Crippen LogP contribution < -0.4 is 5.48 Å². The largest absolute Gasteiger partial charge is 0.468 e. The Kier molecular flexibility index (Phi) is 7.23. The second kappa shape index (κ2) is 7.64. The van der Waals surface area contributed by atoms with E-state index in [9.17, 15) is 9.59 Å². The summed E-state index contributed by atoms with van der Waals surface area (Å²) in [5, 5.41) is 0. The Morgan fingerprint density at radius 1 is 1.50 bits per heavy atom. The number of thioether (sulfide) groups is 1. The third-order valence-electron chi connectivity index (χ3n) is 1.44. The highest BCUT2D eigenvalue weighted by Gasteiger charge is 2.19. The average Bonchev–Trinajstić information content (AvgIpc) is 2.16. The third kappa shape index (κ3) is 5.82. The van der Waals surface area contributed by atoms with Gasteiger partial charge >= 0.3 is 11.9 Å². The number of rotatable bonds is 6. The topological polar surface area (TPSA) is 64.6 Å². The van der Waals surface area contributed by atoms with Gasteiger partial charge in [-0.05, 0) is 18.4 Å². The fourth-order valence-electron chi connectivity index (χ4n) is 0.757. The Labute approximate surface area is 87.5 Å². The van der Waals surface area contributed by atoms with Gasteiger partial charge in [0.25, 0.3) is 0 Å². The van der Waals surface area contributed by atoms with Crippen molar-refractivity contribution in [3.05, 3.63) is 0 Å². The molecule has 0 unspecified atom stereocenters. The first kappa shape index (κ1) is 13.2. The number of methoxy groups -OCH3 is 1. The van der Waals surface area contributed by atoms with Crippen LogP contribution in [0.25, 0.3) is 0 Å².